The second kappa shape index (κ2) is 5.77. The van der Waals surface area contributed by atoms with Crippen LogP contribution >= 0.6 is 0 Å². The molecule has 0 aliphatic rings. The smallest absolute Gasteiger partial charge is 0.141 e. The normalized spacial score (nSPS) is 11.4. The molecule has 1 heterocycles. The van der Waals surface area contributed by atoms with Gasteiger partial charge in [0.1, 0.15) is 12.7 Å². The average molecular weight is 241 g/mol. The molecular formula is C13H15N5. The van der Waals surface area contributed by atoms with Crippen molar-refractivity contribution in [2.75, 3.05) is 19.0 Å². The van der Waals surface area contributed by atoms with Crippen molar-refractivity contribution in [2.24, 2.45) is 5.10 Å². The molecular weight excluding hydrogens is 226 g/mol. The molecule has 0 saturated carbocycles. The largest absolute Gasteiger partial charge is 0.378 e. The maximum atomic E-state index is 4.10. The molecule has 0 N–H and O–H groups in total. The third kappa shape index (κ3) is 3.28. The molecule has 5 heteroatoms. The van der Waals surface area contributed by atoms with Crippen molar-refractivity contribution >= 4 is 18.0 Å². The van der Waals surface area contributed by atoms with Crippen LogP contribution in [0.15, 0.2) is 48.1 Å². The van der Waals surface area contributed by atoms with Crippen molar-refractivity contribution in [3.05, 3.63) is 48.6 Å². The molecule has 1 aromatic carbocycles. The molecule has 0 unspecified atom stereocenters. The van der Waals surface area contributed by atoms with E-state index >= 15 is 0 Å². The molecule has 0 bridgehead atoms. The Bertz CT molecular complexity index is 523. The molecule has 5 nitrogen and oxygen atoms in total. The first-order chi connectivity index (χ1) is 8.75. The zero-order valence-corrected chi connectivity index (χ0v) is 10.4. The Kier molecular flexibility index (Phi) is 3.86. The Morgan fingerprint density at radius 1 is 1.11 bits per heavy atom. The molecule has 2 rings (SSSR count). The van der Waals surface area contributed by atoms with Gasteiger partial charge in [0.25, 0.3) is 0 Å². The number of aromatic nitrogens is 3. The summed E-state index contributed by atoms with van der Waals surface area (Å²) in [5, 5.41) is 11.4. The molecule has 0 saturated heterocycles. The molecule has 0 amide bonds. The molecule has 0 radical (unpaired) electrons. The highest BCUT2D eigenvalue weighted by atomic mass is 15.4. The minimum atomic E-state index is 1.14. The zero-order chi connectivity index (χ0) is 12.8. The first-order valence-electron chi connectivity index (χ1n) is 5.59. The molecule has 1 aromatic heterocycles. The van der Waals surface area contributed by atoms with Crippen molar-refractivity contribution in [1.82, 2.24) is 14.9 Å². The van der Waals surface area contributed by atoms with Gasteiger partial charge >= 0.3 is 0 Å². The van der Waals surface area contributed by atoms with Crippen LogP contribution in [0.25, 0.3) is 6.08 Å². The van der Waals surface area contributed by atoms with Gasteiger partial charge in [-0.1, -0.05) is 18.2 Å². The van der Waals surface area contributed by atoms with Gasteiger partial charge in [0.2, 0.25) is 0 Å². The molecule has 0 atom stereocenters. The van der Waals surface area contributed by atoms with Crippen LogP contribution in [0.5, 0.6) is 0 Å². The third-order valence-electron chi connectivity index (χ3n) is 2.39. The lowest BCUT2D eigenvalue weighted by Crippen LogP contribution is -2.07. The average Bonchev–Trinajstić information content (AvgIpc) is 2.88. The van der Waals surface area contributed by atoms with Crippen LogP contribution in [0.4, 0.5) is 5.69 Å². The number of nitrogens with zero attached hydrogens (tertiary/aromatic N) is 5. The van der Waals surface area contributed by atoms with E-state index in [0.717, 1.165) is 5.56 Å². The molecule has 0 spiro atoms. The predicted molar refractivity (Wildman–Crippen MR) is 73.7 cm³/mol. The van der Waals surface area contributed by atoms with Gasteiger partial charge in [-0.25, -0.2) is 4.68 Å². The van der Waals surface area contributed by atoms with Gasteiger partial charge in [-0.05, 0) is 23.8 Å². The van der Waals surface area contributed by atoms with Gasteiger partial charge in [0.05, 0.1) is 0 Å². The number of hydrogen-bond acceptors (Lipinski definition) is 4. The standard InChI is InChI=1S/C13H15N5/c1-17(2)13-7-5-12(6-8-13)4-3-9-16-18-10-14-15-11-18/h3-11H,1-2H3/b4-3-,16-9+. The van der Waals surface area contributed by atoms with E-state index in [4.69, 9.17) is 0 Å². The third-order valence-corrected chi connectivity index (χ3v) is 2.39. The number of allylic oxidation sites excluding steroid dienone is 1. The Hall–Kier alpha value is -2.43. The Morgan fingerprint density at radius 2 is 1.78 bits per heavy atom. The van der Waals surface area contributed by atoms with Crippen LogP contribution in [0, 0.1) is 0 Å². The summed E-state index contributed by atoms with van der Waals surface area (Å²) in [6.45, 7) is 0. The SMILES string of the molecule is CN(C)c1ccc(/C=C\C=N\n2cnnc2)cc1. The molecule has 18 heavy (non-hydrogen) atoms. The quantitative estimate of drug-likeness (QED) is 0.768. The van der Waals surface area contributed by atoms with E-state index in [-0.39, 0.29) is 0 Å². The summed E-state index contributed by atoms with van der Waals surface area (Å²) in [7, 11) is 4.05. The van der Waals surface area contributed by atoms with Gasteiger partial charge in [-0.3, -0.25) is 0 Å². The number of hydrogen-bond donors (Lipinski definition) is 0. The fraction of sp³-hybridized carbons (Fsp3) is 0.154. The summed E-state index contributed by atoms with van der Waals surface area (Å²) in [5.74, 6) is 0. The topological polar surface area (TPSA) is 46.3 Å². The van der Waals surface area contributed by atoms with Crippen LogP contribution in [0.3, 0.4) is 0 Å². The van der Waals surface area contributed by atoms with E-state index < -0.39 is 0 Å². The molecule has 92 valence electrons. The van der Waals surface area contributed by atoms with Gasteiger partial charge in [0, 0.05) is 26.0 Å². The van der Waals surface area contributed by atoms with Crippen molar-refractivity contribution in [3.8, 4) is 0 Å². The number of anilines is 1. The predicted octanol–water partition coefficient (Wildman–Crippen LogP) is 1.89. The van der Waals surface area contributed by atoms with E-state index in [0.29, 0.717) is 0 Å². The second-order valence-electron chi connectivity index (χ2n) is 3.95. The van der Waals surface area contributed by atoms with Crippen LogP contribution in [0.2, 0.25) is 0 Å². The summed E-state index contributed by atoms with van der Waals surface area (Å²) in [6, 6.07) is 8.30. The first kappa shape index (κ1) is 12.0. The van der Waals surface area contributed by atoms with Crippen LogP contribution < -0.4 is 4.90 Å². The summed E-state index contributed by atoms with van der Waals surface area (Å²) in [5.41, 5.74) is 2.32. The first-order valence-corrected chi connectivity index (χ1v) is 5.59. The minimum Gasteiger partial charge on any atom is -0.378 e. The second-order valence-corrected chi connectivity index (χ2v) is 3.95. The van der Waals surface area contributed by atoms with Gasteiger partial charge in [-0.2, -0.15) is 5.10 Å². The fourth-order valence-corrected chi connectivity index (χ4v) is 1.41. The summed E-state index contributed by atoms with van der Waals surface area (Å²) in [6.07, 6.45) is 8.65. The highest BCUT2D eigenvalue weighted by Crippen LogP contribution is 2.12. The van der Waals surface area contributed by atoms with E-state index in [2.05, 4.69) is 44.5 Å². The van der Waals surface area contributed by atoms with Crippen molar-refractivity contribution in [2.45, 2.75) is 0 Å². The lowest BCUT2D eigenvalue weighted by molar-refractivity contribution is 0.879. The molecule has 0 aliphatic carbocycles. The van der Waals surface area contributed by atoms with Gasteiger partial charge < -0.3 is 4.90 Å². The lowest BCUT2D eigenvalue weighted by Gasteiger charge is -2.11. The van der Waals surface area contributed by atoms with E-state index in [9.17, 15) is 0 Å². The van der Waals surface area contributed by atoms with E-state index in [1.54, 1.807) is 10.9 Å². The number of benzene rings is 1. The van der Waals surface area contributed by atoms with Crippen LogP contribution in [-0.2, 0) is 0 Å². The molecule has 2 aromatic rings. The summed E-state index contributed by atoms with van der Waals surface area (Å²) in [4.78, 5) is 2.07. The maximum Gasteiger partial charge on any atom is 0.141 e. The van der Waals surface area contributed by atoms with E-state index in [1.807, 2.05) is 26.2 Å². The Balaban J connectivity index is 1.97. The highest BCUT2D eigenvalue weighted by Gasteiger charge is 1.92. The monoisotopic (exact) mass is 241 g/mol. The minimum absolute atomic E-state index is 1.14. The molecule has 0 fully saturated rings. The Labute approximate surface area is 106 Å². The summed E-state index contributed by atoms with van der Waals surface area (Å²) >= 11 is 0. The van der Waals surface area contributed by atoms with Crippen molar-refractivity contribution in [1.29, 1.82) is 0 Å². The zero-order valence-electron chi connectivity index (χ0n) is 10.4. The van der Waals surface area contributed by atoms with Crippen LogP contribution in [-0.4, -0.2) is 35.2 Å². The van der Waals surface area contributed by atoms with Crippen LogP contribution in [0.1, 0.15) is 5.56 Å². The molecule has 0 aliphatic heterocycles. The fourth-order valence-electron chi connectivity index (χ4n) is 1.41. The Morgan fingerprint density at radius 3 is 2.39 bits per heavy atom. The van der Waals surface area contributed by atoms with Crippen molar-refractivity contribution in [3.63, 3.8) is 0 Å². The maximum absolute atomic E-state index is 4.10. The van der Waals surface area contributed by atoms with Crippen molar-refractivity contribution < 1.29 is 0 Å². The highest BCUT2D eigenvalue weighted by molar-refractivity contribution is 5.78. The van der Waals surface area contributed by atoms with Gasteiger partial charge in [-0.15, -0.1) is 10.2 Å². The summed E-state index contributed by atoms with van der Waals surface area (Å²) < 4.78 is 1.54. The van der Waals surface area contributed by atoms with E-state index in [1.165, 1.54) is 18.3 Å². The lowest BCUT2D eigenvalue weighted by atomic mass is 10.2. The van der Waals surface area contributed by atoms with Gasteiger partial charge in [0.15, 0.2) is 0 Å². The number of rotatable bonds is 4.